The minimum Gasteiger partial charge on any atom is -0.507 e. The fraction of sp³-hybridized carbons (Fsp3) is 0.243. The molecule has 1 saturated heterocycles. The van der Waals surface area contributed by atoms with Gasteiger partial charge in [0.05, 0.1) is 33.5 Å². The first-order valence-electron chi connectivity index (χ1n) is 16.4. The van der Waals surface area contributed by atoms with Gasteiger partial charge in [-0.05, 0) is 49.6 Å². The molecule has 16 heteroatoms. The molecule has 3 unspecified atom stereocenters. The van der Waals surface area contributed by atoms with Crippen molar-refractivity contribution < 1.29 is 39.9 Å². The lowest BCUT2D eigenvalue weighted by molar-refractivity contribution is -0.151. The van der Waals surface area contributed by atoms with Gasteiger partial charge in [0.1, 0.15) is 41.6 Å². The van der Waals surface area contributed by atoms with E-state index in [-0.39, 0.29) is 21.9 Å². The number of carbonyl (C=O) groups is 3. The summed E-state index contributed by atoms with van der Waals surface area (Å²) in [4.78, 5) is 107. The standard InChI is InChI=1S/C37H29N3O13/c1-4-12(2)18-9-16-24(36(51)40(18)11-21(43)39-10-17(37(52)53)38-35(50)13(39)3)31(46)22-14(29(16)44)5-6-15-23(22)32(47)28-27(30(15)45)33(48)25-19(41)7-8-20(42)26(25)34(28)49/h5-9,12-13,17,45,47-49H,4,10-11H2,1-3H3,(H,38,50)(H,52,53). The zero-order valence-corrected chi connectivity index (χ0v) is 28.1. The number of hydrogen-bond acceptors (Lipinski definition) is 12. The third kappa shape index (κ3) is 4.74. The summed E-state index contributed by atoms with van der Waals surface area (Å²) in [6, 6.07) is 2.82. The number of amides is 2. The lowest BCUT2D eigenvalue weighted by Gasteiger charge is -2.36. The van der Waals surface area contributed by atoms with Crippen LogP contribution >= 0.6 is 0 Å². The number of benzene rings is 5. The summed E-state index contributed by atoms with van der Waals surface area (Å²) in [7, 11) is 0. The molecule has 0 aliphatic carbocycles. The predicted octanol–water partition coefficient (Wildman–Crippen LogP) is 1.07. The minimum atomic E-state index is -1.41. The van der Waals surface area contributed by atoms with Crippen LogP contribution in [0.4, 0.5) is 0 Å². The first kappa shape index (κ1) is 34.6. The molecule has 0 spiro atoms. The number of pyridine rings is 1. The molecule has 1 aromatic heterocycles. The third-order valence-electron chi connectivity index (χ3n) is 10.3. The predicted molar refractivity (Wildman–Crippen MR) is 192 cm³/mol. The Morgan fingerprint density at radius 2 is 1.32 bits per heavy atom. The number of nitrogens with one attached hydrogen (secondary N) is 1. The molecule has 53 heavy (non-hydrogen) atoms. The number of hydrogen-bond donors (Lipinski definition) is 6. The lowest BCUT2D eigenvalue weighted by atomic mass is 9.91. The van der Waals surface area contributed by atoms with Gasteiger partial charge < -0.3 is 40.3 Å². The highest BCUT2D eigenvalue weighted by Gasteiger charge is 2.38. The van der Waals surface area contributed by atoms with Crippen LogP contribution in [0, 0.1) is 0 Å². The second-order valence-corrected chi connectivity index (χ2v) is 13.2. The molecule has 2 amide bonds. The second kappa shape index (κ2) is 11.9. The maximum Gasteiger partial charge on any atom is 0.328 e. The number of rotatable bonds is 5. The van der Waals surface area contributed by atoms with E-state index in [0.29, 0.717) is 6.42 Å². The lowest BCUT2D eigenvalue weighted by Crippen LogP contribution is -2.63. The number of fused-ring (bicyclic) bond motifs is 6. The highest BCUT2D eigenvalue weighted by Crippen LogP contribution is 2.52. The molecule has 16 nitrogen and oxygen atoms in total. The molecule has 3 atom stereocenters. The van der Waals surface area contributed by atoms with E-state index in [4.69, 9.17) is 0 Å². The number of phenols is 4. The van der Waals surface area contributed by atoms with Gasteiger partial charge in [0.15, 0.2) is 16.3 Å². The molecule has 1 aliphatic rings. The van der Waals surface area contributed by atoms with Gasteiger partial charge in [0.25, 0.3) is 5.56 Å². The SMILES string of the molecule is CCC(C)c1cc2c(=O)c3ccc4c(O)c5c(O)c6c(=O)ccc(=O)c6c(O)c5c(O)c4c3c(=O)c2c(=O)n1CC(=O)N1CC(C(=O)O)NC(=O)C1C. The molecule has 7 rings (SSSR count). The molecule has 0 bridgehead atoms. The monoisotopic (exact) mass is 723 g/mol. The van der Waals surface area contributed by atoms with E-state index in [1.165, 1.54) is 13.0 Å². The van der Waals surface area contributed by atoms with E-state index in [1.807, 2.05) is 0 Å². The maximum atomic E-state index is 14.5. The van der Waals surface area contributed by atoms with E-state index in [1.54, 1.807) is 13.8 Å². The van der Waals surface area contributed by atoms with E-state index >= 15 is 0 Å². The number of carboxylic acid groups (broad SMARTS) is 1. The second-order valence-electron chi connectivity index (χ2n) is 13.2. The summed E-state index contributed by atoms with van der Waals surface area (Å²) < 4.78 is 0.977. The average Bonchev–Trinajstić information content (AvgIpc) is 3.12. The van der Waals surface area contributed by atoms with Gasteiger partial charge in [0.2, 0.25) is 17.2 Å². The van der Waals surface area contributed by atoms with Crippen LogP contribution < -0.4 is 32.6 Å². The molecule has 270 valence electrons. The van der Waals surface area contributed by atoms with Crippen molar-refractivity contribution >= 4 is 71.6 Å². The van der Waals surface area contributed by atoms with Gasteiger partial charge >= 0.3 is 5.97 Å². The Hall–Kier alpha value is -6.84. The number of carboxylic acids is 1. The molecule has 0 radical (unpaired) electrons. The van der Waals surface area contributed by atoms with Gasteiger partial charge in [-0.3, -0.25) is 33.6 Å². The van der Waals surface area contributed by atoms with Crippen LogP contribution in [0.25, 0.3) is 53.9 Å². The number of piperazine rings is 1. The average molecular weight is 724 g/mol. The summed E-state index contributed by atoms with van der Waals surface area (Å²) in [6.07, 6.45) is 0.420. The van der Waals surface area contributed by atoms with E-state index in [9.17, 15) is 63.9 Å². The van der Waals surface area contributed by atoms with Crippen LogP contribution in [0.5, 0.6) is 23.0 Å². The molecule has 6 N–H and O–H groups in total. The number of aromatic hydroxyl groups is 4. The molecule has 2 heterocycles. The largest absolute Gasteiger partial charge is 0.507 e. The van der Waals surface area contributed by atoms with Crippen LogP contribution in [0.1, 0.15) is 38.8 Å². The van der Waals surface area contributed by atoms with E-state index in [2.05, 4.69) is 5.32 Å². The smallest absolute Gasteiger partial charge is 0.328 e. The Kier molecular flexibility index (Phi) is 7.75. The normalized spacial score (nSPS) is 16.9. The number of aliphatic carboxylic acids is 1. The Morgan fingerprint density at radius 1 is 0.755 bits per heavy atom. The highest BCUT2D eigenvalue weighted by atomic mass is 16.4. The summed E-state index contributed by atoms with van der Waals surface area (Å²) >= 11 is 0. The topological polar surface area (TPSA) is 258 Å². The molecular weight excluding hydrogens is 694 g/mol. The van der Waals surface area contributed by atoms with Crippen LogP contribution in [-0.4, -0.2) is 71.4 Å². The summed E-state index contributed by atoms with van der Waals surface area (Å²) in [5.41, 5.74) is -4.60. The van der Waals surface area contributed by atoms with E-state index < -0.39 is 137 Å². The summed E-state index contributed by atoms with van der Waals surface area (Å²) in [5.74, 6) is -7.11. The fourth-order valence-electron chi connectivity index (χ4n) is 7.35. The van der Waals surface area contributed by atoms with Crippen molar-refractivity contribution in [2.75, 3.05) is 6.54 Å². The van der Waals surface area contributed by atoms with Crippen LogP contribution in [0.3, 0.4) is 0 Å². The summed E-state index contributed by atoms with van der Waals surface area (Å²) in [5, 5.41) is 51.9. The van der Waals surface area contributed by atoms with Crippen molar-refractivity contribution in [3.8, 4) is 23.0 Å². The number of aromatic nitrogens is 1. The van der Waals surface area contributed by atoms with Crippen molar-refractivity contribution in [1.82, 2.24) is 14.8 Å². The van der Waals surface area contributed by atoms with Crippen LogP contribution in [-0.2, 0) is 20.9 Å². The number of nitrogens with zero attached hydrogens (tertiary/aromatic N) is 2. The Balaban J connectivity index is 1.57. The first-order valence-corrected chi connectivity index (χ1v) is 16.4. The Bertz CT molecular complexity index is 2980. The molecule has 0 saturated carbocycles. The van der Waals surface area contributed by atoms with Crippen LogP contribution in [0.15, 0.2) is 54.3 Å². The quantitative estimate of drug-likeness (QED) is 0.0828. The van der Waals surface area contributed by atoms with Gasteiger partial charge in [-0.25, -0.2) is 4.79 Å². The van der Waals surface area contributed by atoms with Crippen molar-refractivity contribution in [3.63, 3.8) is 0 Å². The maximum absolute atomic E-state index is 14.5. The van der Waals surface area contributed by atoms with Crippen molar-refractivity contribution in [2.24, 2.45) is 0 Å². The van der Waals surface area contributed by atoms with Crippen molar-refractivity contribution in [1.29, 1.82) is 0 Å². The zero-order valence-electron chi connectivity index (χ0n) is 28.1. The molecule has 6 aromatic rings. The molecular formula is C37H29N3O13. The van der Waals surface area contributed by atoms with Crippen molar-refractivity contribution in [2.45, 2.75) is 51.7 Å². The summed E-state index contributed by atoms with van der Waals surface area (Å²) in [6.45, 7) is 3.73. The minimum absolute atomic E-state index is 0.198. The first-order chi connectivity index (χ1) is 25.0. The van der Waals surface area contributed by atoms with E-state index in [0.717, 1.165) is 33.7 Å². The van der Waals surface area contributed by atoms with Gasteiger partial charge in [-0.2, -0.15) is 0 Å². The molecule has 1 fully saturated rings. The highest BCUT2D eigenvalue weighted by molar-refractivity contribution is 6.26. The van der Waals surface area contributed by atoms with Crippen molar-refractivity contribution in [3.05, 3.63) is 87.3 Å². The zero-order chi connectivity index (χ0) is 38.5. The third-order valence-corrected chi connectivity index (χ3v) is 10.3. The van der Waals surface area contributed by atoms with Gasteiger partial charge in [0, 0.05) is 32.6 Å². The molecule has 5 aromatic carbocycles. The number of phenolic OH excluding ortho intramolecular Hbond substituents is 4. The fourth-order valence-corrected chi connectivity index (χ4v) is 7.35. The van der Waals surface area contributed by atoms with Gasteiger partial charge in [-0.1, -0.05) is 13.8 Å². The molecule has 1 aliphatic heterocycles. The van der Waals surface area contributed by atoms with Gasteiger partial charge in [-0.15, -0.1) is 0 Å². The number of carbonyl (C=O) groups excluding carboxylic acids is 2. The van der Waals surface area contributed by atoms with Crippen LogP contribution in [0.2, 0.25) is 0 Å². The Labute approximate surface area is 294 Å². The Morgan fingerprint density at radius 3 is 1.91 bits per heavy atom.